The second-order valence-electron chi connectivity index (χ2n) is 8.37. The molecule has 5 nitrogen and oxygen atoms in total. The number of furan rings is 1. The molecule has 4 rings (SSSR count). The fourth-order valence-electron chi connectivity index (χ4n) is 4.77. The van der Waals surface area contributed by atoms with Gasteiger partial charge in [0.05, 0.1) is 12.3 Å². The molecule has 29 heavy (non-hydrogen) atoms. The standard InChI is InChI=1S/C24H33N3O2/c28-24(25-18-22(23-14-9-17-29-23)26-15-7-8-16-26)27(21-12-5-2-6-13-21)19-20-10-3-1-4-11-20/h1,3-4,9-11,14,17,21-22H,2,5-8,12-13,15-16,18-19H2,(H,25,28). The van der Waals surface area contributed by atoms with Crippen molar-refractivity contribution in [3.05, 3.63) is 60.1 Å². The quantitative estimate of drug-likeness (QED) is 0.721. The van der Waals surface area contributed by atoms with Gasteiger partial charge in [-0.3, -0.25) is 4.90 Å². The zero-order valence-electron chi connectivity index (χ0n) is 17.3. The molecular weight excluding hydrogens is 362 g/mol. The SMILES string of the molecule is O=C(NCC(c1ccco1)N1CCCC1)N(Cc1ccccc1)C1CCCCC1. The first kappa shape index (κ1) is 20.0. The molecule has 1 aromatic carbocycles. The lowest BCUT2D eigenvalue weighted by atomic mass is 9.94. The molecule has 1 aliphatic carbocycles. The van der Waals surface area contributed by atoms with Crippen LogP contribution in [0, 0.1) is 0 Å². The molecule has 1 aromatic heterocycles. The Morgan fingerprint density at radius 1 is 1.03 bits per heavy atom. The van der Waals surface area contributed by atoms with E-state index < -0.39 is 0 Å². The third kappa shape index (κ3) is 5.21. The Hall–Kier alpha value is -2.27. The van der Waals surface area contributed by atoms with Crippen LogP contribution in [0.2, 0.25) is 0 Å². The van der Waals surface area contributed by atoms with Crippen molar-refractivity contribution < 1.29 is 9.21 Å². The Bertz CT molecular complexity index is 735. The van der Waals surface area contributed by atoms with E-state index in [1.54, 1.807) is 6.26 Å². The Balaban J connectivity index is 1.44. The normalized spacial score (nSPS) is 19.2. The number of likely N-dealkylation sites (tertiary alicyclic amines) is 1. The van der Waals surface area contributed by atoms with Gasteiger partial charge in [-0.2, -0.15) is 0 Å². The van der Waals surface area contributed by atoms with E-state index in [2.05, 4.69) is 27.2 Å². The first-order valence-electron chi connectivity index (χ1n) is 11.2. The molecule has 1 saturated carbocycles. The minimum absolute atomic E-state index is 0.0523. The van der Waals surface area contributed by atoms with E-state index in [0.29, 0.717) is 19.1 Å². The average molecular weight is 396 g/mol. The Morgan fingerprint density at radius 2 is 1.79 bits per heavy atom. The van der Waals surface area contributed by atoms with E-state index in [1.807, 2.05) is 30.3 Å². The van der Waals surface area contributed by atoms with Gasteiger partial charge in [0.1, 0.15) is 5.76 Å². The van der Waals surface area contributed by atoms with Crippen LogP contribution < -0.4 is 5.32 Å². The van der Waals surface area contributed by atoms with Crippen LogP contribution >= 0.6 is 0 Å². The predicted octanol–water partition coefficient (Wildman–Crippen LogP) is 4.96. The molecule has 1 N–H and O–H groups in total. The predicted molar refractivity (Wildman–Crippen MR) is 115 cm³/mol. The number of hydrogen-bond acceptors (Lipinski definition) is 3. The summed E-state index contributed by atoms with van der Waals surface area (Å²) in [5.41, 5.74) is 1.19. The molecule has 1 atom stereocenters. The summed E-state index contributed by atoms with van der Waals surface area (Å²) in [5, 5.41) is 3.25. The van der Waals surface area contributed by atoms with Gasteiger partial charge in [0.15, 0.2) is 0 Å². The maximum Gasteiger partial charge on any atom is 0.318 e. The molecule has 2 fully saturated rings. The highest BCUT2D eigenvalue weighted by Gasteiger charge is 2.29. The Kier molecular flexibility index (Phi) is 6.88. The summed E-state index contributed by atoms with van der Waals surface area (Å²) in [4.78, 5) is 17.8. The molecule has 1 saturated heterocycles. The van der Waals surface area contributed by atoms with E-state index in [-0.39, 0.29) is 12.1 Å². The monoisotopic (exact) mass is 395 g/mol. The molecule has 2 aromatic rings. The van der Waals surface area contributed by atoms with Crippen molar-refractivity contribution in [1.82, 2.24) is 15.1 Å². The van der Waals surface area contributed by atoms with Crippen LogP contribution in [0.1, 0.15) is 62.3 Å². The fraction of sp³-hybridized carbons (Fsp3) is 0.542. The summed E-state index contributed by atoms with van der Waals surface area (Å²) >= 11 is 0. The average Bonchev–Trinajstić information content (AvgIpc) is 3.48. The van der Waals surface area contributed by atoms with Crippen LogP contribution in [0.5, 0.6) is 0 Å². The maximum atomic E-state index is 13.3. The number of carbonyl (C=O) groups excluding carboxylic acids is 1. The van der Waals surface area contributed by atoms with Crippen LogP contribution in [-0.4, -0.2) is 41.5 Å². The summed E-state index contributed by atoms with van der Waals surface area (Å²) < 4.78 is 5.71. The van der Waals surface area contributed by atoms with Gasteiger partial charge >= 0.3 is 6.03 Å². The van der Waals surface area contributed by atoms with Gasteiger partial charge in [-0.25, -0.2) is 4.79 Å². The molecule has 1 aliphatic heterocycles. The van der Waals surface area contributed by atoms with E-state index >= 15 is 0 Å². The summed E-state index contributed by atoms with van der Waals surface area (Å²) in [5.74, 6) is 0.944. The number of nitrogens with zero attached hydrogens (tertiary/aromatic N) is 2. The molecule has 2 heterocycles. The first-order valence-corrected chi connectivity index (χ1v) is 11.2. The molecule has 0 spiro atoms. The van der Waals surface area contributed by atoms with Crippen molar-refractivity contribution in [2.45, 2.75) is 63.6 Å². The maximum absolute atomic E-state index is 13.3. The highest BCUT2D eigenvalue weighted by Crippen LogP contribution is 2.26. The van der Waals surface area contributed by atoms with Crippen LogP contribution in [0.3, 0.4) is 0 Å². The van der Waals surface area contributed by atoms with Crippen LogP contribution in [0.4, 0.5) is 4.79 Å². The molecule has 1 unspecified atom stereocenters. The second-order valence-corrected chi connectivity index (χ2v) is 8.37. The lowest BCUT2D eigenvalue weighted by Gasteiger charge is -2.35. The topological polar surface area (TPSA) is 48.7 Å². The summed E-state index contributed by atoms with van der Waals surface area (Å²) in [6.45, 7) is 3.39. The third-order valence-corrected chi connectivity index (χ3v) is 6.37. The van der Waals surface area contributed by atoms with Crippen LogP contribution in [0.15, 0.2) is 53.1 Å². The third-order valence-electron chi connectivity index (χ3n) is 6.37. The first-order chi connectivity index (χ1) is 14.3. The summed E-state index contributed by atoms with van der Waals surface area (Å²) in [6, 6.07) is 14.8. The lowest BCUT2D eigenvalue weighted by molar-refractivity contribution is 0.144. The summed E-state index contributed by atoms with van der Waals surface area (Å²) in [7, 11) is 0. The van der Waals surface area contributed by atoms with Crippen molar-refractivity contribution in [3.8, 4) is 0 Å². The highest BCUT2D eigenvalue weighted by molar-refractivity contribution is 5.74. The zero-order chi connectivity index (χ0) is 19.9. The number of urea groups is 1. The van der Waals surface area contributed by atoms with Gasteiger partial charge in [0, 0.05) is 19.1 Å². The molecule has 0 bridgehead atoms. The van der Waals surface area contributed by atoms with Gasteiger partial charge in [0.25, 0.3) is 0 Å². The molecule has 0 radical (unpaired) electrons. The van der Waals surface area contributed by atoms with Crippen molar-refractivity contribution in [2.75, 3.05) is 19.6 Å². The Labute approximate surface area is 174 Å². The van der Waals surface area contributed by atoms with Crippen molar-refractivity contribution >= 4 is 6.03 Å². The van der Waals surface area contributed by atoms with Crippen molar-refractivity contribution in [3.63, 3.8) is 0 Å². The van der Waals surface area contributed by atoms with E-state index in [0.717, 1.165) is 31.7 Å². The largest absolute Gasteiger partial charge is 0.468 e. The van der Waals surface area contributed by atoms with Crippen molar-refractivity contribution in [1.29, 1.82) is 0 Å². The molecule has 156 valence electrons. The number of hydrogen-bond donors (Lipinski definition) is 1. The van der Waals surface area contributed by atoms with Gasteiger partial charge in [0.2, 0.25) is 0 Å². The number of benzene rings is 1. The number of nitrogens with one attached hydrogen (secondary N) is 1. The van der Waals surface area contributed by atoms with Gasteiger partial charge in [-0.15, -0.1) is 0 Å². The van der Waals surface area contributed by atoms with Crippen molar-refractivity contribution in [2.24, 2.45) is 0 Å². The van der Waals surface area contributed by atoms with E-state index in [9.17, 15) is 4.79 Å². The summed E-state index contributed by atoms with van der Waals surface area (Å²) in [6.07, 6.45) is 10.1. The van der Waals surface area contributed by atoms with Crippen LogP contribution in [0.25, 0.3) is 0 Å². The Morgan fingerprint density at radius 3 is 2.48 bits per heavy atom. The fourth-order valence-corrected chi connectivity index (χ4v) is 4.77. The van der Waals surface area contributed by atoms with Gasteiger partial charge < -0.3 is 14.6 Å². The number of rotatable bonds is 7. The number of carbonyl (C=O) groups is 1. The molecule has 5 heteroatoms. The minimum atomic E-state index is 0.0523. The van der Waals surface area contributed by atoms with Gasteiger partial charge in [-0.05, 0) is 56.5 Å². The lowest BCUT2D eigenvalue weighted by Crippen LogP contribution is -2.48. The van der Waals surface area contributed by atoms with E-state index in [1.165, 1.54) is 37.7 Å². The molecule has 2 aliphatic rings. The smallest absolute Gasteiger partial charge is 0.318 e. The second kappa shape index (κ2) is 9.97. The van der Waals surface area contributed by atoms with E-state index in [4.69, 9.17) is 4.42 Å². The van der Waals surface area contributed by atoms with Crippen LogP contribution in [-0.2, 0) is 6.54 Å². The number of amides is 2. The molecular formula is C24H33N3O2. The minimum Gasteiger partial charge on any atom is -0.468 e. The highest BCUT2D eigenvalue weighted by atomic mass is 16.3. The van der Waals surface area contributed by atoms with Gasteiger partial charge in [-0.1, -0.05) is 49.6 Å². The molecule has 2 amide bonds. The zero-order valence-corrected chi connectivity index (χ0v) is 17.3.